The molecule has 0 aliphatic heterocycles. The molecular weight excluding hydrogens is 390 g/mol. The van der Waals surface area contributed by atoms with Crippen LogP contribution in [0.5, 0.6) is 0 Å². The highest BCUT2D eigenvalue weighted by Crippen LogP contribution is 2.21. The molecule has 0 spiro atoms. The van der Waals surface area contributed by atoms with Gasteiger partial charge in [0.15, 0.2) is 0 Å². The molecule has 0 radical (unpaired) electrons. The zero-order valence-corrected chi connectivity index (χ0v) is 18.4. The standard InChI is InChI=1S/C30H31NO/c32-30(22-26-15-7-2-8-16-26)29(21-25-13-5-1-6-14-25)31(23-27-17-9-3-10-18-27)24-28-19-11-4-12-20-28/h1-20,29-30,32H,21-24H2/t29-,30+/m0/s1. The van der Waals surface area contributed by atoms with Gasteiger partial charge in [-0.1, -0.05) is 121 Å². The minimum absolute atomic E-state index is 0.0157. The van der Waals surface area contributed by atoms with E-state index in [1.54, 1.807) is 0 Å². The average molecular weight is 422 g/mol. The van der Waals surface area contributed by atoms with Crippen LogP contribution in [0.3, 0.4) is 0 Å². The summed E-state index contributed by atoms with van der Waals surface area (Å²) in [6.45, 7) is 1.58. The first kappa shape index (κ1) is 22.0. The minimum atomic E-state index is -0.481. The van der Waals surface area contributed by atoms with E-state index in [9.17, 15) is 5.11 Å². The van der Waals surface area contributed by atoms with E-state index in [1.165, 1.54) is 16.7 Å². The Kier molecular flexibility index (Phi) is 7.86. The molecule has 0 unspecified atom stereocenters. The molecule has 4 rings (SSSR count). The fourth-order valence-electron chi connectivity index (χ4n) is 4.28. The fourth-order valence-corrected chi connectivity index (χ4v) is 4.28. The summed E-state index contributed by atoms with van der Waals surface area (Å²) in [5, 5.41) is 11.5. The number of aliphatic hydroxyl groups is 1. The lowest BCUT2D eigenvalue weighted by Crippen LogP contribution is -2.45. The summed E-state index contributed by atoms with van der Waals surface area (Å²) in [4.78, 5) is 2.44. The molecule has 0 saturated heterocycles. The Morgan fingerprint density at radius 3 is 1.22 bits per heavy atom. The maximum Gasteiger partial charge on any atom is 0.0739 e. The van der Waals surface area contributed by atoms with E-state index in [2.05, 4.69) is 102 Å². The van der Waals surface area contributed by atoms with E-state index in [0.29, 0.717) is 6.42 Å². The summed E-state index contributed by atoms with van der Waals surface area (Å²) in [6.07, 6.45) is 0.956. The lowest BCUT2D eigenvalue weighted by Gasteiger charge is -2.35. The molecule has 2 nitrogen and oxygen atoms in total. The van der Waals surface area contributed by atoms with Crippen molar-refractivity contribution in [3.8, 4) is 0 Å². The van der Waals surface area contributed by atoms with Crippen LogP contribution in [0.4, 0.5) is 0 Å². The molecule has 0 aliphatic carbocycles. The molecule has 0 fully saturated rings. The molecule has 4 aromatic carbocycles. The van der Waals surface area contributed by atoms with Gasteiger partial charge in [0.1, 0.15) is 0 Å². The van der Waals surface area contributed by atoms with Crippen molar-refractivity contribution in [1.29, 1.82) is 0 Å². The van der Waals surface area contributed by atoms with Crippen LogP contribution in [0.15, 0.2) is 121 Å². The van der Waals surface area contributed by atoms with Crippen LogP contribution >= 0.6 is 0 Å². The Bertz CT molecular complexity index is 994. The van der Waals surface area contributed by atoms with Crippen LogP contribution < -0.4 is 0 Å². The maximum atomic E-state index is 11.5. The Hall–Kier alpha value is -3.20. The molecule has 2 atom stereocenters. The lowest BCUT2D eigenvalue weighted by molar-refractivity contribution is 0.0395. The summed E-state index contributed by atoms with van der Waals surface area (Å²) < 4.78 is 0. The Labute approximate surface area is 191 Å². The second kappa shape index (κ2) is 11.4. The summed E-state index contributed by atoms with van der Waals surface area (Å²) >= 11 is 0. The van der Waals surface area contributed by atoms with Gasteiger partial charge in [0, 0.05) is 19.1 Å². The summed E-state index contributed by atoms with van der Waals surface area (Å²) in [5.74, 6) is 0. The molecule has 2 heteroatoms. The van der Waals surface area contributed by atoms with Gasteiger partial charge in [-0.3, -0.25) is 4.90 Å². The van der Waals surface area contributed by atoms with Crippen LogP contribution in [0, 0.1) is 0 Å². The smallest absolute Gasteiger partial charge is 0.0739 e. The van der Waals surface area contributed by atoms with Gasteiger partial charge in [-0.05, 0) is 35.1 Å². The van der Waals surface area contributed by atoms with Crippen molar-refractivity contribution >= 4 is 0 Å². The first-order valence-corrected chi connectivity index (χ1v) is 11.4. The number of aliphatic hydroxyl groups excluding tert-OH is 1. The summed E-state index contributed by atoms with van der Waals surface area (Å²) in [7, 11) is 0. The molecule has 0 aromatic heterocycles. The van der Waals surface area contributed by atoms with E-state index in [-0.39, 0.29) is 6.04 Å². The zero-order valence-electron chi connectivity index (χ0n) is 18.4. The molecule has 1 N–H and O–H groups in total. The Morgan fingerprint density at radius 1 is 0.469 bits per heavy atom. The highest BCUT2D eigenvalue weighted by atomic mass is 16.3. The normalized spacial score (nSPS) is 13.1. The highest BCUT2D eigenvalue weighted by Gasteiger charge is 2.27. The van der Waals surface area contributed by atoms with E-state index in [0.717, 1.165) is 25.1 Å². The van der Waals surface area contributed by atoms with Crippen molar-refractivity contribution in [2.45, 2.75) is 38.1 Å². The third-order valence-electron chi connectivity index (χ3n) is 5.95. The first-order valence-electron chi connectivity index (χ1n) is 11.4. The topological polar surface area (TPSA) is 23.5 Å². The van der Waals surface area contributed by atoms with Gasteiger partial charge in [-0.15, -0.1) is 0 Å². The number of rotatable bonds is 10. The quantitative estimate of drug-likeness (QED) is 0.344. The molecule has 162 valence electrons. The molecule has 4 aromatic rings. The lowest BCUT2D eigenvalue weighted by atomic mass is 9.94. The van der Waals surface area contributed by atoms with Crippen molar-refractivity contribution in [3.63, 3.8) is 0 Å². The van der Waals surface area contributed by atoms with Crippen molar-refractivity contribution in [1.82, 2.24) is 4.90 Å². The predicted octanol–water partition coefficient (Wildman–Crippen LogP) is 5.90. The molecule has 32 heavy (non-hydrogen) atoms. The number of benzene rings is 4. The van der Waals surface area contributed by atoms with Gasteiger partial charge in [0.2, 0.25) is 0 Å². The van der Waals surface area contributed by atoms with Crippen LogP contribution in [0.25, 0.3) is 0 Å². The molecule has 0 saturated carbocycles. The largest absolute Gasteiger partial charge is 0.391 e. The molecule has 0 amide bonds. The van der Waals surface area contributed by atoms with Crippen LogP contribution in [-0.4, -0.2) is 22.2 Å². The number of hydrogen-bond donors (Lipinski definition) is 1. The number of hydrogen-bond acceptors (Lipinski definition) is 2. The van der Waals surface area contributed by atoms with Gasteiger partial charge in [-0.2, -0.15) is 0 Å². The van der Waals surface area contributed by atoms with Gasteiger partial charge in [-0.25, -0.2) is 0 Å². The monoisotopic (exact) mass is 421 g/mol. The van der Waals surface area contributed by atoms with Crippen molar-refractivity contribution < 1.29 is 5.11 Å². The summed E-state index contributed by atoms with van der Waals surface area (Å²) in [6, 6.07) is 41.9. The highest BCUT2D eigenvalue weighted by molar-refractivity contribution is 5.21. The van der Waals surface area contributed by atoms with Crippen molar-refractivity contribution in [2.75, 3.05) is 0 Å². The van der Waals surface area contributed by atoms with E-state index in [1.807, 2.05) is 24.3 Å². The summed E-state index contributed by atoms with van der Waals surface area (Å²) in [5.41, 5.74) is 4.93. The van der Waals surface area contributed by atoms with E-state index < -0.39 is 6.10 Å². The van der Waals surface area contributed by atoms with E-state index >= 15 is 0 Å². The maximum absolute atomic E-state index is 11.5. The van der Waals surface area contributed by atoms with Gasteiger partial charge < -0.3 is 5.11 Å². The number of nitrogens with zero attached hydrogens (tertiary/aromatic N) is 1. The molecule has 0 heterocycles. The van der Waals surface area contributed by atoms with Gasteiger partial charge >= 0.3 is 0 Å². The second-order valence-electron chi connectivity index (χ2n) is 8.39. The molecular formula is C30H31NO. The predicted molar refractivity (Wildman–Crippen MR) is 132 cm³/mol. The third-order valence-corrected chi connectivity index (χ3v) is 5.95. The molecule has 0 bridgehead atoms. The van der Waals surface area contributed by atoms with Crippen LogP contribution in [0.1, 0.15) is 22.3 Å². The van der Waals surface area contributed by atoms with Crippen molar-refractivity contribution in [2.24, 2.45) is 0 Å². The Balaban J connectivity index is 1.64. The van der Waals surface area contributed by atoms with Crippen LogP contribution in [-0.2, 0) is 25.9 Å². The van der Waals surface area contributed by atoms with Gasteiger partial charge in [0.05, 0.1) is 6.10 Å². The Morgan fingerprint density at radius 2 is 0.812 bits per heavy atom. The molecule has 0 aliphatic rings. The van der Waals surface area contributed by atoms with Crippen LogP contribution in [0.2, 0.25) is 0 Å². The minimum Gasteiger partial charge on any atom is -0.391 e. The van der Waals surface area contributed by atoms with Crippen molar-refractivity contribution in [3.05, 3.63) is 144 Å². The zero-order chi connectivity index (χ0) is 22.0. The second-order valence-corrected chi connectivity index (χ2v) is 8.39. The third kappa shape index (κ3) is 6.40. The van der Waals surface area contributed by atoms with E-state index in [4.69, 9.17) is 0 Å². The first-order chi connectivity index (χ1) is 15.8. The average Bonchev–Trinajstić information content (AvgIpc) is 2.85. The fraction of sp³-hybridized carbons (Fsp3) is 0.200. The van der Waals surface area contributed by atoms with Gasteiger partial charge in [0.25, 0.3) is 0 Å². The SMILES string of the molecule is O[C@H](Cc1ccccc1)[C@H](Cc1ccccc1)N(Cc1ccccc1)Cc1ccccc1.